The molecule has 0 aromatic carbocycles. The highest BCUT2D eigenvalue weighted by molar-refractivity contribution is 4.86. The molecule has 0 saturated carbocycles. The lowest BCUT2D eigenvalue weighted by Gasteiger charge is -2.44. The van der Waals surface area contributed by atoms with Crippen LogP contribution in [-0.4, -0.2) is 36.2 Å². The molecule has 1 saturated heterocycles. The second kappa shape index (κ2) is 23.8. The van der Waals surface area contributed by atoms with Crippen molar-refractivity contribution >= 4 is 0 Å². The molecule has 4 atom stereocenters. The zero-order chi connectivity index (χ0) is 27.1. The Morgan fingerprint density at radius 2 is 0.973 bits per heavy atom. The van der Waals surface area contributed by atoms with E-state index in [1.807, 2.05) is 0 Å². The van der Waals surface area contributed by atoms with E-state index >= 15 is 0 Å². The van der Waals surface area contributed by atoms with E-state index in [0.717, 1.165) is 18.4 Å². The van der Waals surface area contributed by atoms with Gasteiger partial charge in [0.2, 0.25) is 0 Å². The first-order chi connectivity index (χ1) is 18.0. The molecule has 2 heteroatoms. The molecule has 37 heavy (non-hydrogen) atoms. The highest BCUT2D eigenvalue weighted by Gasteiger charge is 2.32. The quantitative estimate of drug-likeness (QED) is 0.111. The monoisotopic (exact) mass is 522 g/mol. The van der Waals surface area contributed by atoms with Crippen molar-refractivity contribution in [2.45, 2.75) is 201 Å². The molecule has 1 rings (SSSR count). The van der Waals surface area contributed by atoms with Crippen LogP contribution in [0.5, 0.6) is 0 Å². The molecule has 1 heterocycles. The summed E-state index contributed by atoms with van der Waals surface area (Å²) in [5, 5.41) is 0. The molecule has 0 N–H and O–H groups in total. The Morgan fingerprint density at radius 3 is 1.49 bits per heavy atom. The van der Waals surface area contributed by atoms with Gasteiger partial charge in [0.1, 0.15) is 0 Å². The SMILES string of the molecule is CCCCCCCC(CCCC)CCOC1C[C@@H](C)N(CC(CCCCCC)CCCCCC)[C@@H](C)C1. The largest absolute Gasteiger partial charge is 0.378 e. The Labute approximate surface area is 235 Å². The highest BCUT2D eigenvalue weighted by atomic mass is 16.5. The zero-order valence-corrected chi connectivity index (χ0v) is 26.7. The molecular formula is C35H71NO. The van der Waals surface area contributed by atoms with Crippen LogP contribution in [0.25, 0.3) is 0 Å². The van der Waals surface area contributed by atoms with Gasteiger partial charge in [-0.1, -0.05) is 137 Å². The number of hydrogen-bond acceptors (Lipinski definition) is 2. The van der Waals surface area contributed by atoms with Crippen LogP contribution in [0.2, 0.25) is 0 Å². The second-order valence-electron chi connectivity index (χ2n) is 12.9. The minimum Gasteiger partial charge on any atom is -0.378 e. The first kappa shape index (κ1) is 34.9. The van der Waals surface area contributed by atoms with Crippen LogP contribution in [0.1, 0.15) is 183 Å². The average Bonchev–Trinajstić information content (AvgIpc) is 2.88. The second-order valence-corrected chi connectivity index (χ2v) is 12.9. The normalized spacial score (nSPS) is 21.6. The summed E-state index contributed by atoms with van der Waals surface area (Å²) < 4.78 is 6.59. The molecule has 222 valence electrons. The summed E-state index contributed by atoms with van der Waals surface area (Å²) in [5.74, 6) is 1.78. The average molecular weight is 522 g/mol. The van der Waals surface area contributed by atoms with Gasteiger partial charge >= 0.3 is 0 Å². The van der Waals surface area contributed by atoms with Gasteiger partial charge in [0.05, 0.1) is 6.10 Å². The maximum atomic E-state index is 6.59. The minimum absolute atomic E-state index is 0.477. The number of hydrogen-bond donors (Lipinski definition) is 0. The smallest absolute Gasteiger partial charge is 0.0604 e. The predicted octanol–water partition coefficient (Wildman–Crippen LogP) is 11.4. The maximum Gasteiger partial charge on any atom is 0.0604 e. The number of ether oxygens (including phenoxy) is 1. The van der Waals surface area contributed by atoms with E-state index in [9.17, 15) is 0 Å². The summed E-state index contributed by atoms with van der Waals surface area (Å²) in [7, 11) is 0. The standard InChI is InChI=1S/C35H71NO/c1-7-11-15-18-21-23-33(22-14-10-4)26-27-37-35-28-31(5)36(32(6)29-35)30-34(24-19-16-12-8-2)25-20-17-13-9-3/h31-35H,7-30H2,1-6H3/t31-,32+,33?,35?. The molecule has 2 unspecified atom stereocenters. The fraction of sp³-hybridized carbons (Fsp3) is 1.00. The molecule has 1 aliphatic rings. The summed E-state index contributed by atoms with van der Waals surface area (Å²) in [6.45, 7) is 16.6. The number of likely N-dealkylation sites (tertiary alicyclic amines) is 1. The van der Waals surface area contributed by atoms with Crippen molar-refractivity contribution in [1.82, 2.24) is 4.90 Å². The van der Waals surface area contributed by atoms with Gasteiger partial charge in [-0.15, -0.1) is 0 Å². The fourth-order valence-corrected chi connectivity index (χ4v) is 6.77. The molecular weight excluding hydrogens is 450 g/mol. The van der Waals surface area contributed by atoms with Crippen LogP contribution in [0, 0.1) is 11.8 Å². The molecule has 0 radical (unpaired) electrons. The number of nitrogens with zero attached hydrogens (tertiary/aromatic N) is 1. The summed E-state index contributed by atoms with van der Waals surface area (Å²) in [6, 6.07) is 1.33. The lowest BCUT2D eigenvalue weighted by Crippen LogP contribution is -2.50. The van der Waals surface area contributed by atoms with Crippen molar-refractivity contribution < 1.29 is 4.74 Å². The van der Waals surface area contributed by atoms with Crippen LogP contribution in [0.4, 0.5) is 0 Å². The summed E-state index contributed by atoms with van der Waals surface area (Å²) >= 11 is 0. The molecule has 2 nitrogen and oxygen atoms in total. The molecule has 0 amide bonds. The Bertz CT molecular complexity index is 456. The first-order valence-electron chi connectivity index (χ1n) is 17.4. The molecule has 1 aliphatic heterocycles. The Kier molecular flexibility index (Phi) is 22.5. The fourth-order valence-electron chi connectivity index (χ4n) is 6.77. The first-order valence-corrected chi connectivity index (χ1v) is 17.4. The van der Waals surface area contributed by atoms with Gasteiger partial charge in [-0.05, 0) is 57.8 Å². The minimum atomic E-state index is 0.477. The summed E-state index contributed by atoms with van der Waals surface area (Å²) in [5.41, 5.74) is 0. The lowest BCUT2D eigenvalue weighted by atomic mass is 9.89. The van der Waals surface area contributed by atoms with Crippen molar-refractivity contribution in [2.75, 3.05) is 13.2 Å². The van der Waals surface area contributed by atoms with Gasteiger partial charge in [0.25, 0.3) is 0 Å². The van der Waals surface area contributed by atoms with Crippen LogP contribution >= 0.6 is 0 Å². The van der Waals surface area contributed by atoms with E-state index < -0.39 is 0 Å². The lowest BCUT2D eigenvalue weighted by molar-refractivity contribution is -0.0427. The van der Waals surface area contributed by atoms with Gasteiger partial charge in [-0.25, -0.2) is 0 Å². The van der Waals surface area contributed by atoms with Crippen molar-refractivity contribution in [3.8, 4) is 0 Å². The summed E-state index contributed by atoms with van der Waals surface area (Å²) in [6.07, 6.45) is 31.0. The van der Waals surface area contributed by atoms with Crippen LogP contribution in [0.3, 0.4) is 0 Å². The molecule has 0 spiro atoms. The van der Waals surface area contributed by atoms with E-state index in [1.165, 1.54) is 148 Å². The van der Waals surface area contributed by atoms with Gasteiger partial charge in [0.15, 0.2) is 0 Å². The highest BCUT2D eigenvalue weighted by Crippen LogP contribution is 2.30. The van der Waals surface area contributed by atoms with Gasteiger partial charge in [-0.3, -0.25) is 4.90 Å². The number of piperidine rings is 1. The van der Waals surface area contributed by atoms with Crippen molar-refractivity contribution in [3.05, 3.63) is 0 Å². The van der Waals surface area contributed by atoms with Gasteiger partial charge in [-0.2, -0.15) is 0 Å². The topological polar surface area (TPSA) is 12.5 Å². The molecule has 0 aromatic heterocycles. The third-order valence-electron chi connectivity index (χ3n) is 9.30. The van der Waals surface area contributed by atoms with Crippen LogP contribution in [0.15, 0.2) is 0 Å². The van der Waals surface area contributed by atoms with Gasteiger partial charge < -0.3 is 4.74 Å². The summed E-state index contributed by atoms with van der Waals surface area (Å²) in [4.78, 5) is 2.87. The van der Waals surface area contributed by atoms with E-state index in [1.54, 1.807) is 0 Å². The zero-order valence-electron chi connectivity index (χ0n) is 26.7. The van der Waals surface area contributed by atoms with Crippen molar-refractivity contribution in [2.24, 2.45) is 11.8 Å². The van der Waals surface area contributed by atoms with Gasteiger partial charge in [0, 0.05) is 25.2 Å². The molecule has 0 aliphatic carbocycles. The van der Waals surface area contributed by atoms with Crippen molar-refractivity contribution in [3.63, 3.8) is 0 Å². The van der Waals surface area contributed by atoms with E-state index in [-0.39, 0.29) is 0 Å². The van der Waals surface area contributed by atoms with Crippen molar-refractivity contribution in [1.29, 1.82) is 0 Å². The third-order valence-corrected chi connectivity index (χ3v) is 9.30. The number of rotatable bonds is 25. The van der Waals surface area contributed by atoms with E-state index in [4.69, 9.17) is 4.74 Å². The predicted molar refractivity (Wildman–Crippen MR) is 167 cm³/mol. The molecule has 0 bridgehead atoms. The third kappa shape index (κ3) is 17.3. The molecule has 0 aromatic rings. The van der Waals surface area contributed by atoms with Crippen LogP contribution in [-0.2, 0) is 4.74 Å². The van der Waals surface area contributed by atoms with Crippen LogP contribution < -0.4 is 0 Å². The molecule has 1 fully saturated rings. The Hall–Kier alpha value is -0.0800. The maximum absolute atomic E-state index is 6.59. The van der Waals surface area contributed by atoms with E-state index in [0.29, 0.717) is 18.2 Å². The Morgan fingerprint density at radius 1 is 0.541 bits per heavy atom. The number of unbranched alkanes of at least 4 members (excludes halogenated alkanes) is 11. The van der Waals surface area contributed by atoms with E-state index in [2.05, 4.69) is 46.4 Å². The Balaban J connectivity index is 2.46.